The van der Waals surface area contributed by atoms with Gasteiger partial charge in [-0.3, -0.25) is 0 Å². The van der Waals surface area contributed by atoms with Gasteiger partial charge in [0.2, 0.25) is 0 Å². The highest BCUT2D eigenvalue weighted by Crippen LogP contribution is 2.31. The molecular formula is C17H27N. The molecule has 2 atom stereocenters. The zero-order valence-corrected chi connectivity index (χ0v) is 11.9. The first kappa shape index (κ1) is 13.6. The largest absolute Gasteiger partial charge is 0.307 e. The van der Waals surface area contributed by atoms with Crippen LogP contribution < -0.4 is 5.32 Å². The fourth-order valence-electron chi connectivity index (χ4n) is 3.12. The molecule has 1 N–H and O–H groups in total. The Labute approximate surface area is 112 Å². The molecular weight excluding hydrogens is 218 g/mol. The number of benzene rings is 1. The van der Waals surface area contributed by atoms with Crippen molar-refractivity contribution in [2.24, 2.45) is 0 Å². The van der Waals surface area contributed by atoms with Crippen molar-refractivity contribution < 1.29 is 0 Å². The van der Waals surface area contributed by atoms with E-state index < -0.39 is 0 Å². The standard InChI is InChI=1S/C17H27N/c1-3-5-10-15(8-4-2)18-17-13-12-14-9-6-7-11-16(14)17/h6-7,9,11,15,17-18H,3-5,8,10,12-13H2,1-2H3. The Bertz CT molecular complexity index is 358. The van der Waals surface area contributed by atoms with Crippen LogP contribution >= 0.6 is 0 Å². The van der Waals surface area contributed by atoms with Crippen LogP contribution in [0.1, 0.15) is 69.5 Å². The Hall–Kier alpha value is -0.820. The summed E-state index contributed by atoms with van der Waals surface area (Å²) in [6.07, 6.45) is 9.14. The van der Waals surface area contributed by atoms with Gasteiger partial charge < -0.3 is 5.32 Å². The average Bonchev–Trinajstić information content (AvgIpc) is 2.80. The Morgan fingerprint density at radius 1 is 1.17 bits per heavy atom. The maximum atomic E-state index is 3.91. The zero-order chi connectivity index (χ0) is 12.8. The summed E-state index contributed by atoms with van der Waals surface area (Å²) in [4.78, 5) is 0. The fraction of sp³-hybridized carbons (Fsp3) is 0.647. The van der Waals surface area contributed by atoms with Crippen LogP contribution in [-0.2, 0) is 6.42 Å². The number of fused-ring (bicyclic) bond motifs is 1. The Kier molecular flexibility index (Phi) is 5.25. The second kappa shape index (κ2) is 6.94. The molecule has 1 aromatic rings. The Morgan fingerprint density at radius 2 is 2.00 bits per heavy atom. The van der Waals surface area contributed by atoms with Gasteiger partial charge in [-0.05, 0) is 36.8 Å². The van der Waals surface area contributed by atoms with E-state index in [0.717, 1.165) is 0 Å². The fourth-order valence-corrected chi connectivity index (χ4v) is 3.12. The van der Waals surface area contributed by atoms with Crippen molar-refractivity contribution in [1.29, 1.82) is 0 Å². The lowest BCUT2D eigenvalue weighted by atomic mass is 10.0. The number of hydrogen-bond acceptors (Lipinski definition) is 1. The summed E-state index contributed by atoms with van der Waals surface area (Å²) in [6, 6.07) is 10.3. The van der Waals surface area contributed by atoms with E-state index in [1.807, 2.05) is 0 Å². The minimum Gasteiger partial charge on any atom is -0.307 e. The highest BCUT2D eigenvalue weighted by Gasteiger charge is 2.23. The molecule has 0 heterocycles. The lowest BCUT2D eigenvalue weighted by molar-refractivity contribution is 0.381. The third-order valence-corrected chi connectivity index (χ3v) is 4.11. The maximum absolute atomic E-state index is 3.91. The third kappa shape index (κ3) is 3.35. The summed E-state index contributed by atoms with van der Waals surface area (Å²) in [5.41, 5.74) is 3.11. The van der Waals surface area contributed by atoms with E-state index in [2.05, 4.69) is 43.4 Å². The Morgan fingerprint density at radius 3 is 2.78 bits per heavy atom. The van der Waals surface area contributed by atoms with E-state index in [1.165, 1.54) is 44.9 Å². The van der Waals surface area contributed by atoms with Gasteiger partial charge >= 0.3 is 0 Å². The highest BCUT2D eigenvalue weighted by atomic mass is 15.0. The second-order valence-corrected chi connectivity index (χ2v) is 5.58. The van der Waals surface area contributed by atoms with Crippen LogP contribution in [0.15, 0.2) is 24.3 Å². The van der Waals surface area contributed by atoms with E-state index in [0.29, 0.717) is 12.1 Å². The third-order valence-electron chi connectivity index (χ3n) is 4.11. The van der Waals surface area contributed by atoms with Crippen LogP contribution in [0.25, 0.3) is 0 Å². The molecule has 0 fully saturated rings. The average molecular weight is 245 g/mol. The summed E-state index contributed by atoms with van der Waals surface area (Å²) in [5.74, 6) is 0. The number of hydrogen-bond donors (Lipinski definition) is 1. The first-order valence-electron chi connectivity index (χ1n) is 7.69. The molecule has 1 heteroatoms. The highest BCUT2D eigenvalue weighted by molar-refractivity contribution is 5.34. The number of rotatable bonds is 7. The summed E-state index contributed by atoms with van der Waals surface area (Å²) in [6.45, 7) is 4.58. The first-order chi connectivity index (χ1) is 8.85. The van der Waals surface area contributed by atoms with Crippen LogP contribution in [0, 0.1) is 0 Å². The summed E-state index contributed by atoms with van der Waals surface area (Å²) in [7, 11) is 0. The predicted molar refractivity (Wildman–Crippen MR) is 78.9 cm³/mol. The van der Waals surface area contributed by atoms with Gasteiger partial charge in [0.05, 0.1) is 0 Å². The molecule has 0 saturated carbocycles. The van der Waals surface area contributed by atoms with Gasteiger partial charge in [0.1, 0.15) is 0 Å². The SMILES string of the molecule is CCCCC(CCC)NC1CCc2ccccc21. The molecule has 18 heavy (non-hydrogen) atoms. The molecule has 0 spiro atoms. The summed E-state index contributed by atoms with van der Waals surface area (Å²) < 4.78 is 0. The normalized spacial score (nSPS) is 19.8. The molecule has 1 aliphatic rings. The molecule has 1 aromatic carbocycles. The first-order valence-corrected chi connectivity index (χ1v) is 7.69. The molecule has 1 aliphatic carbocycles. The van der Waals surface area contributed by atoms with Crippen molar-refractivity contribution in [1.82, 2.24) is 5.32 Å². The van der Waals surface area contributed by atoms with Crippen LogP contribution in [-0.4, -0.2) is 6.04 Å². The summed E-state index contributed by atoms with van der Waals surface area (Å²) in [5, 5.41) is 3.91. The van der Waals surface area contributed by atoms with Crippen LogP contribution in [0.2, 0.25) is 0 Å². The van der Waals surface area contributed by atoms with Crippen molar-refractivity contribution in [3.63, 3.8) is 0 Å². The van der Waals surface area contributed by atoms with Gasteiger partial charge in [0.15, 0.2) is 0 Å². The molecule has 1 nitrogen and oxygen atoms in total. The van der Waals surface area contributed by atoms with Gasteiger partial charge in [0, 0.05) is 12.1 Å². The van der Waals surface area contributed by atoms with Gasteiger partial charge in [-0.25, -0.2) is 0 Å². The van der Waals surface area contributed by atoms with Crippen molar-refractivity contribution in [3.8, 4) is 0 Å². The molecule has 0 saturated heterocycles. The van der Waals surface area contributed by atoms with Gasteiger partial charge in [-0.1, -0.05) is 57.4 Å². The molecule has 0 bridgehead atoms. The lowest BCUT2D eigenvalue weighted by Gasteiger charge is -2.23. The minimum atomic E-state index is 0.606. The van der Waals surface area contributed by atoms with Gasteiger partial charge in [0.25, 0.3) is 0 Å². The van der Waals surface area contributed by atoms with Crippen molar-refractivity contribution in [2.75, 3.05) is 0 Å². The van der Waals surface area contributed by atoms with E-state index in [4.69, 9.17) is 0 Å². The molecule has 2 unspecified atom stereocenters. The van der Waals surface area contributed by atoms with Gasteiger partial charge in [-0.2, -0.15) is 0 Å². The topological polar surface area (TPSA) is 12.0 Å². The quantitative estimate of drug-likeness (QED) is 0.739. The monoisotopic (exact) mass is 245 g/mol. The van der Waals surface area contributed by atoms with E-state index in [-0.39, 0.29) is 0 Å². The van der Waals surface area contributed by atoms with Crippen molar-refractivity contribution >= 4 is 0 Å². The zero-order valence-electron chi connectivity index (χ0n) is 11.9. The molecule has 0 aliphatic heterocycles. The molecule has 0 aromatic heterocycles. The molecule has 0 radical (unpaired) electrons. The van der Waals surface area contributed by atoms with Crippen LogP contribution in [0.3, 0.4) is 0 Å². The number of aryl methyl sites for hydroxylation is 1. The minimum absolute atomic E-state index is 0.606. The second-order valence-electron chi connectivity index (χ2n) is 5.58. The predicted octanol–water partition coefficient (Wildman–Crippen LogP) is 4.62. The molecule has 2 rings (SSSR count). The van der Waals surface area contributed by atoms with E-state index >= 15 is 0 Å². The van der Waals surface area contributed by atoms with Crippen LogP contribution in [0.4, 0.5) is 0 Å². The number of nitrogens with one attached hydrogen (secondary N) is 1. The van der Waals surface area contributed by atoms with E-state index in [1.54, 1.807) is 11.1 Å². The smallest absolute Gasteiger partial charge is 0.0328 e. The summed E-state index contributed by atoms with van der Waals surface area (Å²) >= 11 is 0. The van der Waals surface area contributed by atoms with E-state index in [9.17, 15) is 0 Å². The lowest BCUT2D eigenvalue weighted by Crippen LogP contribution is -2.31. The maximum Gasteiger partial charge on any atom is 0.0328 e. The van der Waals surface area contributed by atoms with Gasteiger partial charge in [-0.15, -0.1) is 0 Å². The Balaban J connectivity index is 1.95. The molecule has 100 valence electrons. The van der Waals surface area contributed by atoms with Crippen molar-refractivity contribution in [3.05, 3.63) is 35.4 Å². The van der Waals surface area contributed by atoms with Crippen LogP contribution in [0.5, 0.6) is 0 Å². The van der Waals surface area contributed by atoms with Crippen molar-refractivity contribution in [2.45, 2.75) is 70.9 Å². The number of unbranched alkanes of at least 4 members (excludes halogenated alkanes) is 1. The molecule has 0 amide bonds.